The molecule has 0 amide bonds. The van der Waals surface area contributed by atoms with Crippen molar-refractivity contribution in [3.8, 4) is 0 Å². The van der Waals surface area contributed by atoms with E-state index in [1.165, 1.54) is 12.1 Å². The SMILES string of the molecule is Cc1ccc2cccc(/C=C/c3cccc(F)c3)c2n1. The first-order valence-corrected chi connectivity index (χ1v) is 6.52. The van der Waals surface area contributed by atoms with E-state index in [1.807, 2.05) is 49.4 Å². The number of pyridine rings is 1. The van der Waals surface area contributed by atoms with E-state index in [2.05, 4.69) is 11.1 Å². The molecule has 3 rings (SSSR count). The van der Waals surface area contributed by atoms with Crippen molar-refractivity contribution < 1.29 is 4.39 Å². The van der Waals surface area contributed by atoms with E-state index in [0.29, 0.717) is 0 Å². The van der Waals surface area contributed by atoms with Gasteiger partial charge in [-0.1, -0.05) is 48.6 Å². The topological polar surface area (TPSA) is 12.9 Å². The van der Waals surface area contributed by atoms with Gasteiger partial charge >= 0.3 is 0 Å². The molecule has 20 heavy (non-hydrogen) atoms. The monoisotopic (exact) mass is 263 g/mol. The molecule has 0 atom stereocenters. The Labute approximate surface area is 117 Å². The van der Waals surface area contributed by atoms with E-state index in [-0.39, 0.29) is 5.82 Å². The second kappa shape index (κ2) is 5.25. The van der Waals surface area contributed by atoms with Gasteiger partial charge in [-0.2, -0.15) is 0 Å². The summed E-state index contributed by atoms with van der Waals surface area (Å²) in [6, 6.07) is 16.7. The molecule has 1 aromatic heterocycles. The fourth-order valence-corrected chi connectivity index (χ4v) is 2.20. The predicted octanol–water partition coefficient (Wildman–Crippen LogP) is 4.85. The summed E-state index contributed by atoms with van der Waals surface area (Å²) >= 11 is 0. The van der Waals surface area contributed by atoms with Crippen LogP contribution in [0.1, 0.15) is 16.8 Å². The molecule has 3 aromatic rings. The first kappa shape index (κ1) is 12.5. The molecule has 0 bridgehead atoms. The number of hydrogen-bond acceptors (Lipinski definition) is 1. The second-order valence-electron chi connectivity index (χ2n) is 4.76. The highest BCUT2D eigenvalue weighted by atomic mass is 19.1. The van der Waals surface area contributed by atoms with Gasteiger partial charge in [0.05, 0.1) is 5.52 Å². The van der Waals surface area contributed by atoms with Gasteiger partial charge in [0.2, 0.25) is 0 Å². The molecule has 0 saturated carbocycles. The molecule has 0 aliphatic heterocycles. The highest BCUT2D eigenvalue weighted by Gasteiger charge is 2.00. The van der Waals surface area contributed by atoms with Crippen LogP contribution in [0.25, 0.3) is 23.1 Å². The summed E-state index contributed by atoms with van der Waals surface area (Å²) in [6.07, 6.45) is 3.88. The van der Waals surface area contributed by atoms with Crippen LogP contribution in [0, 0.1) is 12.7 Å². The number of hydrogen-bond donors (Lipinski definition) is 0. The van der Waals surface area contributed by atoms with Crippen LogP contribution in [-0.4, -0.2) is 4.98 Å². The van der Waals surface area contributed by atoms with Crippen LogP contribution in [0.2, 0.25) is 0 Å². The van der Waals surface area contributed by atoms with Crippen LogP contribution >= 0.6 is 0 Å². The molecule has 0 unspecified atom stereocenters. The van der Waals surface area contributed by atoms with E-state index < -0.39 is 0 Å². The van der Waals surface area contributed by atoms with Crippen molar-refractivity contribution >= 4 is 23.1 Å². The smallest absolute Gasteiger partial charge is 0.123 e. The Kier molecular flexibility index (Phi) is 3.30. The van der Waals surface area contributed by atoms with Crippen LogP contribution in [0.15, 0.2) is 54.6 Å². The summed E-state index contributed by atoms with van der Waals surface area (Å²) < 4.78 is 13.2. The lowest BCUT2D eigenvalue weighted by molar-refractivity contribution is 0.627. The Balaban J connectivity index is 2.04. The quantitative estimate of drug-likeness (QED) is 0.602. The lowest BCUT2D eigenvalue weighted by Crippen LogP contribution is -1.86. The average molecular weight is 263 g/mol. The van der Waals surface area contributed by atoms with Gasteiger partial charge in [0.15, 0.2) is 0 Å². The van der Waals surface area contributed by atoms with Crippen molar-refractivity contribution in [1.29, 1.82) is 0 Å². The number of aromatic nitrogens is 1. The zero-order valence-corrected chi connectivity index (χ0v) is 11.2. The minimum absolute atomic E-state index is 0.223. The molecule has 0 aliphatic carbocycles. The number of halogens is 1. The second-order valence-corrected chi connectivity index (χ2v) is 4.76. The molecule has 1 nitrogen and oxygen atoms in total. The molecule has 0 saturated heterocycles. The summed E-state index contributed by atoms with van der Waals surface area (Å²) in [5.74, 6) is -0.223. The number of para-hydroxylation sites is 1. The molecule has 0 spiro atoms. The van der Waals surface area contributed by atoms with Gasteiger partial charge in [-0.25, -0.2) is 4.39 Å². The highest BCUT2D eigenvalue weighted by Crippen LogP contribution is 2.19. The van der Waals surface area contributed by atoms with Crippen molar-refractivity contribution in [2.45, 2.75) is 6.92 Å². The van der Waals surface area contributed by atoms with Crippen LogP contribution < -0.4 is 0 Å². The molecule has 1 heterocycles. The maximum atomic E-state index is 13.2. The largest absolute Gasteiger partial charge is 0.253 e. The van der Waals surface area contributed by atoms with Crippen molar-refractivity contribution in [3.63, 3.8) is 0 Å². The standard InChI is InChI=1S/C18H14FN/c1-13-8-10-15-5-3-6-16(18(15)20-13)11-9-14-4-2-7-17(19)12-14/h2-12H,1H3/b11-9+. The lowest BCUT2D eigenvalue weighted by Gasteiger charge is -2.02. The van der Waals surface area contributed by atoms with E-state index in [4.69, 9.17) is 0 Å². The summed E-state index contributed by atoms with van der Waals surface area (Å²) in [4.78, 5) is 4.58. The zero-order valence-electron chi connectivity index (χ0n) is 11.2. The highest BCUT2D eigenvalue weighted by molar-refractivity contribution is 5.89. The molecule has 0 fully saturated rings. The molecule has 0 N–H and O–H groups in total. The molecule has 2 aromatic carbocycles. The zero-order chi connectivity index (χ0) is 13.9. The van der Waals surface area contributed by atoms with Gasteiger partial charge in [0, 0.05) is 16.6 Å². The average Bonchev–Trinajstić information content (AvgIpc) is 2.45. The Morgan fingerprint density at radius 2 is 1.80 bits per heavy atom. The van der Waals surface area contributed by atoms with Gasteiger partial charge in [0.1, 0.15) is 5.82 Å². The van der Waals surface area contributed by atoms with E-state index >= 15 is 0 Å². The van der Waals surface area contributed by atoms with Gasteiger partial charge in [-0.15, -0.1) is 0 Å². The molecule has 0 radical (unpaired) electrons. The Hall–Kier alpha value is -2.48. The Bertz CT molecular complexity index is 790. The van der Waals surface area contributed by atoms with Crippen LogP contribution in [0.3, 0.4) is 0 Å². The summed E-state index contributed by atoms with van der Waals surface area (Å²) in [6.45, 7) is 1.98. The normalized spacial score (nSPS) is 11.3. The minimum atomic E-state index is -0.223. The third kappa shape index (κ3) is 2.59. The molecule has 98 valence electrons. The maximum Gasteiger partial charge on any atom is 0.123 e. The predicted molar refractivity (Wildman–Crippen MR) is 81.8 cm³/mol. The summed E-state index contributed by atoms with van der Waals surface area (Å²) in [5.41, 5.74) is 3.84. The van der Waals surface area contributed by atoms with E-state index in [1.54, 1.807) is 6.07 Å². The first-order valence-electron chi connectivity index (χ1n) is 6.52. The minimum Gasteiger partial charge on any atom is -0.253 e. The Morgan fingerprint density at radius 3 is 2.65 bits per heavy atom. The van der Waals surface area contributed by atoms with Gasteiger partial charge in [-0.05, 0) is 30.7 Å². The molecule has 2 heteroatoms. The van der Waals surface area contributed by atoms with Crippen molar-refractivity contribution in [2.75, 3.05) is 0 Å². The molecular formula is C18H14FN. The van der Waals surface area contributed by atoms with E-state index in [9.17, 15) is 4.39 Å². The third-order valence-electron chi connectivity index (χ3n) is 3.19. The van der Waals surface area contributed by atoms with Gasteiger partial charge < -0.3 is 0 Å². The van der Waals surface area contributed by atoms with Gasteiger partial charge in [-0.3, -0.25) is 4.98 Å². The number of fused-ring (bicyclic) bond motifs is 1. The van der Waals surface area contributed by atoms with Crippen molar-refractivity contribution in [1.82, 2.24) is 4.98 Å². The fraction of sp³-hybridized carbons (Fsp3) is 0.0556. The van der Waals surface area contributed by atoms with Crippen LogP contribution in [0.4, 0.5) is 4.39 Å². The van der Waals surface area contributed by atoms with Crippen molar-refractivity contribution in [3.05, 3.63) is 77.2 Å². The lowest BCUT2D eigenvalue weighted by atomic mass is 10.1. The molecule has 0 aliphatic rings. The maximum absolute atomic E-state index is 13.2. The number of benzene rings is 2. The van der Waals surface area contributed by atoms with Crippen LogP contribution in [-0.2, 0) is 0 Å². The van der Waals surface area contributed by atoms with E-state index in [0.717, 1.165) is 27.7 Å². The Morgan fingerprint density at radius 1 is 0.950 bits per heavy atom. The van der Waals surface area contributed by atoms with Crippen LogP contribution in [0.5, 0.6) is 0 Å². The number of aryl methyl sites for hydroxylation is 1. The fourth-order valence-electron chi connectivity index (χ4n) is 2.20. The molecular weight excluding hydrogens is 249 g/mol. The van der Waals surface area contributed by atoms with Crippen molar-refractivity contribution in [2.24, 2.45) is 0 Å². The van der Waals surface area contributed by atoms with Gasteiger partial charge in [0.25, 0.3) is 0 Å². The number of rotatable bonds is 2. The third-order valence-corrected chi connectivity index (χ3v) is 3.19. The first-order chi connectivity index (χ1) is 9.72. The summed E-state index contributed by atoms with van der Waals surface area (Å²) in [7, 11) is 0. The summed E-state index contributed by atoms with van der Waals surface area (Å²) in [5, 5.41) is 1.11. The number of nitrogens with zero attached hydrogens (tertiary/aromatic N) is 1.